The molecule has 0 radical (unpaired) electrons. The standard InChI is InChI=1S/C17H13FINO2/c1-22-17(21)14-6-7-15(18)13-8-9-20(16(13)14)10-11-2-4-12(19)5-3-11/h2-9H,10H2,1H3. The van der Waals surface area contributed by atoms with Gasteiger partial charge in [0, 0.05) is 21.7 Å². The Kier molecular flexibility index (Phi) is 4.15. The summed E-state index contributed by atoms with van der Waals surface area (Å²) in [5, 5.41) is 0.424. The first-order chi connectivity index (χ1) is 10.6. The highest BCUT2D eigenvalue weighted by atomic mass is 127. The third-order valence-corrected chi connectivity index (χ3v) is 4.26. The molecular weight excluding hydrogens is 396 g/mol. The van der Waals surface area contributed by atoms with E-state index in [-0.39, 0.29) is 5.82 Å². The molecule has 0 aliphatic rings. The summed E-state index contributed by atoms with van der Waals surface area (Å²) >= 11 is 2.25. The third kappa shape index (κ3) is 2.72. The zero-order valence-corrected chi connectivity index (χ0v) is 14.0. The maximum absolute atomic E-state index is 14.0. The SMILES string of the molecule is COC(=O)c1ccc(F)c2ccn(Cc3ccc(I)cc3)c12. The van der Waals surface area contributed by atoms with E-state index in [1.165, 1.54) is 19.2 Å². The van der Waals surface area contributed by atoms with Crippen LogP contribution in [0.15, 0.2) is 48.7 Å². The van der Waals surface area contributed by atoms with Crippen LogP contribution in [0.1, 0.15) is 15.9 Å². The van der Waals surface area contributed by atoms with E-state index in [9.17, 15) is 9.18 Å². The second-order valence-corrected chi connectivity index (χ2v) is 6.16. The van der Waals surface area contributed by atoms with Crippen molar-refractivity contribution in [3.63, 3.8) is 0 Å². The third-order valence-electron chi connectivity index (χ3n) is 3.54. The van der Waals surface area contributed by atoms with Crippen LogP contribution in [0.4, 0.5) is 4.39 Å². The fraction of sp³-hybridized carbons (Fsp3) is 0.118. The highest BCUT2D eigenvalue weighted by Crippen LogP contribution is 2.25. The number of fused-ring (bicyclic) bond motifs is 1. The summed E-state index contributed by atoms with van der Waals surface area (Å²) in [5.41, 5.74) is 2.01. The summed E-state index contributed by atoms with van der Waals surface area (Å²) in [6.45, 7) is 0.563. The Hall–Kier alpha value is -1.89. The van der Waals surface area contributed by atoms with Crippen molar-refractivity contribution in [2.45, 2.75) is 6.54 Å². The van der Waals surface area contributed by atoms with Crippen molar-refractivity contribution in [3.05, 3.63) is 69.2 Å². The maximum Gasteiger partial charge on any atom is 0.340 e. The van der Waals surface area contributed by atoms with Crippen LogP contribution in [-0.2, 0) is 11.3 Å². The average Bonchev–Trinajstić information content (AvgIpc) is 2.94. The van der Waals surface area contributed by atoms with Crippen molar-refractivity contribution in [1.82, 2.24) is 4.57 Å². The number of benzene rings is 2. The van der Waals surface area contributed by atoms with Gasteiger partial charge >= 0.3 is 5.97 Å². The van der Waals surface area contributed by atoms with E-state index in [0.717, 1.165) is 9.13 Å². The minimum Gasteiger partial charge on any atom is -0.465 e. The highest BCUT2D eigenvalue weighted by molar-refractivity contribution is 14.1. The smallest absolute Gasteiger partial charge is 0.340 e. The van der Waals surface area contributed by atoms with Crippen molar-refractivity contribution in [3.8, 4) is 0 Å². The van der Waals surface area contributed by atoms with Crippen LogP contribution < -0.4 is 0 Å². The van der Waals surface area contributed by atoms with Crippen LogP contribution in [0.2, 0.25) is 0 Å². The van der Waals surface area contributed by atoms with Gasteiger partial charge < -0.3 is 9.30 Å². The van der Waals surface area contributed by atoms with Crippen LogP contribution in [0.25, 0.3) is 10.9 Å². The summed E-state index contributed by atoms with van der Waals surface area (Å²) in [6, 6.07) is 12.5. The molecule has 22 heavy (non-hydrogen) atoms. The van der Waals surface area contributed by atoms with Gasteiger partial charge in [-0.15, -0.1) is 0 Å². The summed E-state index contributed by atoms with van der Waals surface area (Å²) in [7, 11) is 1.32. The largest absolute Gasteiger partial charge is 0.465 e. The zero-order chi connectivity index (χ0) is 15.7. The lowest BCUT2D eigenvalue weighted by atomic mass is 10.1. The lowest BCUT2D eigenvalue weighted by molar-refractivity contribution is 0.0602. The van der Waals surface area contributed by atoms with E-state index >= 15 is 0 Å². The minimum absolute atomic E-state index is 0.344. The lowest BCUT2D eigenvalue weighted by Gasteiger charge is -2.09. The number of carbonyl (C=O) groups excluding carboxylic acids is 1. The molecule has 0 N–H and O–H groups in total. The van der Waals surface area contributed by atoms with Gasteiger partial charge in [0.05, 0.1) is 18.2 Å². The van der Waals surface area contributed by atoms with Gasteiger partial charge in [-0.25, -0.2) is 9.18 Å². The van der Waals surface area contributed by atoms with Crippen molar-refractivity contribution in [2.75, 3.05) is 7.11 Å². The molecule has 0 unspecified atom stereocenters. The molecule has 112 valence electrons. The molecule has 0 saturated heterocycles. The number of carbonyl (C=O) groups is 1. The van der Waals surface area contributed by atoms with E-state index in [4.69, 9.17) is 4.74 Å². The fourth-order valence-electron chi connectivity index (χ4n) is 2.48. The second-order valence-electron chi connectivity index (χ2n) is 4.92. The number of hydrogen-bond acceptors (Lipinski definition) is 2. The molecule has 0 fully saturated rings. The molecular formula is C17H13FINO2. The molecule has 0 saturated carbocycles. The fourth-order valence-corrected chi connectivity index (χ4v) is 2.84. The molecule has 0 aliphatic carbocycles. The van der Waals surface area contributed by atoms with E-state index in [0.29, 0.717) is 23.0 Å². The van der Waals surface area contributed by atoms with Gasteiger partial charge in [-0.05, 0) is 58.5 Å². The lowest BCUT2D eigenvalue weighted by Crippen LogP contribution is -2.07. The maximum atomic E-state index is 14.0. The van der Waals surface area contributed by atoms with E-state index in [1.54, 1.807) is 12.3 Å². The zero-order valence-electron chi connectivity index (χ0n) is 11.8. The topological polar surface area (TPSA) is 31.2 Å². The van der Waals surface area contributed by atoms with Crippen LogP contribution in [-0.4, -0.2) is 17.6 Å². The van der Waals surface area contributed by atoms with Crippen molar-refractivity contribution in [2.24, 2.45) is 0 Å². The summed E-state index contributed by atoms with van der Waals surface area (Å²) in [4.78, 5) is 11.9. The summed E-state index contributed by atoms with van der Waals surface area (Å²) in [5.74, 6) is -0.809. The van der Waals surface area contributed by atoms with Gasteiger partial charge in [-0.2, -0.15) is 0 Å². The van der Waals surface area contributed by atoms with Gasteiger partial charge in [-0.3, -0.25) is 0 Å². The first-order valence-electron chi connectivity index (χ1n) is 6.70. The van der Waals surface area contributed by atoms with E-state index < -0.39 is 5.97 Å². The van der Waals surface area contributed by atoms with Crippen molar-refractivity contribution >= 4 is 39.5 Å². The Morgan fingerprint density at radius 1 is 1.18 bits per heavy atom. The molecule has 0 aliphatic heterocycles. The van der Waals surface area contributed by atoms with E-state index in [1.807, 2.05) is 28.8 Å². The number of methoxy groups -OCH3 is 1. The molecule has 1 heterocycles. The number of nitrogens with zero attached hydrogens (tertiary/aromatic N) is 1. The Balaban J connectivity index is 2.11. The Bertz CT molecular complexity index is 840. The molecule has 0 amide bonds. The molecule has 1 aromatic heterocycles. The predicted molar refractivity (Wildman–Crippen MR) is 91.5 cm³/mol. The quantitative estimate of drug-likeness (QED) is 0.479. The van der Waals surface area contributed by atoms with Gasteiger partial charge in [0.15, 0.2) is 0 Å². The number of hydrogen-bond donors (Lipinski definition) is 0. The monoisotopic (exact) mass is 409 g/mol. The van der Waals surface area contributed by atoms with E-state index in [2.05, 4.69) is 22.6 Å². The number of rotatable bonds is 3. The van der Waals surface area contributed by atoms with Gasteiger partial charge in [0.1, 0.15) is 5.82 Å². The van der Waals surface area contributed by atoms with Gasteiger partial charge in [0.2, 0.25) is 0 Å². The summed E-state index contributed by atoms with van der Waals surface area (Å²) in [6.07, 6.45) is 1.79. The van der Waals surface area contributed by atoms with Gasteiger partial charge in [0.25, 0.3) is 0 Å². The number of esters is 1. The average molecular weight is 409 g/mol. The molecule has 0 atom stereocenters. The van der Waals surface area contributed by atoms with Gasteiger partial charge in [-0.1, -0.05) is 12.1 Å². The predicted octanol–water partition coefficient (Wildman–Crippen LogP) is 4.22. The van der Waals surface area contributed by atoms with Crippen molar-refractivity contribution < 1.29 is 13.9 Å². The second kappa shape index (κ2) is 6.08. The molecule has 3 rings (SSSR count). The Labute approximate surface area is 140 Å². The number of ether oxygens (including phenoxy) is 1. The number of halogens is 2. The molecule has 5 heteroatoms. The van der Waals surface area contributed by atoms with Crippen LogP contribution >= 0.6 is 22.6 Å². The van der Waals surface area contributed by atoms with Crippen molar-refractivity contribution in [1.29, 1.82) is 0 Å². The molecule has 3 aromatic rings. The van der Waals surface area contributed by atoms with Crippen LogP contribution in [0.5, 0.6) is 0 Å². The Morgan fingerprint density at radius 2 is 1.91 bits per heavy atom. The molecule has 3 nitrogen and oxygen atoms in total. The molecule has 0 spiro atoms. The van der Waals surface area contributed by atoms with Crippen LogP contribution in [0, 0.1) is 9.39 Å². The highest BCUT2D eigenvalue weighted by Gasteiger charge is 2.16. The first-order valence-corrected chi connectivity index (χ1v) is 7.78. The molecule has 2 aromatic carbocycles. The normalized spacial score (nSPS) is 10.9. The first kappa shape index (κ1) is 15.0. The Morgan fingerprint density at radius 3 is 2.59 bits per heavy atom. The van der Waals surface area contributed by atoms with Crippen LogP contribution in [0.3, 0.4) is 0 Å². The minimum atomic E-state index is -0.465. The number of aromatic nitrogens is 1. The summed E-state index contributed by atoms with van der Waals surface area (Å²) < 4.78 is 21.8. The molecule has 0 bridgehead atoms.